The molecule has 0 aliphatic carbocycles. The average molecular weight is 239 g/mol. The normalized spacial score (nSPS) is 12.1. The van der Waals surface area contributed by atoms with Crippen LogP contribution in [0.5, 0.6) is 0 Å². The van der Waals surface area contributed by atoms with E-state index in [1.54, 1.807) is 11.8 Å². The van der Waals surface area contributed by atoms with Gasteiger partial charge in [-0.25, -0.2) is 0 Å². The summed E-state index contributed by atoms with van der Waals surface area (Å²) >= 11 is 6.89. The molecule has 0 aliphatic heterocycles. The molecule has 0 radical (unpaired) electrons. The van der Waals surface area contributed by atoms with Crippen molar-refractivity contribution < 1.29 is 0 Å². The Bertz CT molecular complexity index is 298. The summed E-state index contributed by atoms with van der Waals surface area (Å²) in [6.07, 6.45) is 1.02. The Morgan fingerprint density at radius 2 is 2.07 bits per heavy atom. The van der Waals surface area contributed by atoms with Crippen molar-refractivity contribution in [2.75, 3.05) is 5.75 Å². The van der Waals surface area contributed by atoms with Gasteiger partial charge in [0.05, 0.1) is 0 Å². The highest BCUT2D eigenvalue weighted by molar-refractivity contribution is 8.22. The minimum atomic E-state index is 0.402. The number of benzene rings is 1. The third-order valence-electron chi connectivity index (χ3n) is 2.02. The van der Waals surface area contributed by atoms with Gasteiger partial charge in [0.25, 0.3) is 0 Å². The number of nitrogens with one attached hydrogen (secondary N) is 1. The Morgan fingerprint density at radius 1 is 1.40 bits per heavy atom. The SMILES string of the molecule is CCSC(=S)N[C@@H](C)Cc1ccccc1. The van der Waals surface area contributed by atoms with Crippen molar-refractivity contribution in [1.82, 2.24) is 5.32 Å². The van der Waals surface area contributed by atoms with Crippen molar-refractivity contribution in [3.8, 4) is 0 Å². The number of hydrogen-bond donors (Lipinski definition) is 1. The molecule has 0 amide bonds. The van der Waals surface area contributed by atoms with Crippen molar-refractivity contribution in [2.24, 2.45) is 0 Å². The molecule has 1 aromatic carbocycles. The Hall–Kier alpha value is -0.540. The first-order chi connectivity index (χ1) is 7.22. The Labute approximate surface area is 102 Å². The maximum atomic E-state index is 5.20. The molecule has 0 aromatic heterocycles. The standard InChI is InChI=1S/C12H17NS2/c1-3-15-12(14)13-10(2)9-11-7-5-4-6-8-11/h4-8,10H,3,9H2,1-2H3,(H,13,14)/t10-/m0/s1. The molecule has 1 atom stereocenters. The molecule has 1 nitrogen and oxygen atoms in total. The summed E-state index contributed by atoms with van der Waals surface area (Å²) in [4.78, 5) is 0. The first-order valence-electron chi connectivity index (χ1n) is 5.19. The van der Waals surface area contributed by atoms with E-state index in [1.165, 1.54) is 5.56 Å². The average Bonchev–Trinajstić information content (AvgIpc) is 2.19. The van der Waals surface area contributed by atoms with E-state index in [1.807, 2.05) is 6.07 Å². The first-order valence-corrected chi connectivity index (χ1v) is 6.59. The third kappa shape index (κ3) is 5.19. The molecule has 1 aromatic rings. The fourth-order valence-electron chi connectivity index (χ4n) is 1.39. The van der Waals surface area contributed by atoms with Gasteiger partial charge in [-0.15, -0.1) is 0 Å². The summed E-state index contributed by atoms with van der Waals surface area (Å²) in [7, 11) is 0. The van der Waals surface area contributed by atoms with Gasteiger partial charge in [0.1, 0.15) is 4.32 Å². The van der Waals surface area contributed by atoms with Crippen LogP contribution in [0.1, 0.15) is 19.4 Å². The van der Waals surface area contributed by atoms with Crippen LogP contribution in [-0.2, 0) is 6.42 Å². The second-order valence-electron chi connectivity index (χ2n) is 3.46. The van der Waals surface area contributed by atoms with Gasteiger partial charge < -0.3 is 5.32 Å². The highest BCUT2D eigenvalue weighted by atomic mass is 32.2. The Kier molecular flexibility index (Phi) is 5.73. The van der Waals surface area contributed by atoms with E-state index in [0.717, 1.165) is 16.5 Å². The quantitative estimate of drug-likeness (QED) is 0.810. The van der Waals surface area contributed by atoms with Gasteiger partial charge in [0, 0.05) is 6.04 Å². The van der Waals surface area contributed by atoms with Crippen LogP contribution in [0, 0.1) is 0 Å². The van der Waals surface area contributed by atoms with Gasteiger partial charge >= 0.3 is 0 Å². The molecular formula is C12H17NS2. The zero-order chi connectivity index (χ0) is 11.1. The van der Waals surface area contributed by atoms with Crippen molar-refractivity contribution in [3.05, 3.63) is 35.9 Å². The van der Waals surface area contributed by atoms with E-state index in [4.69, 9.17) is 12.2 Å². The molecule has 0 aliphatic rings. The fourth-order valence-corrected chi connectivity index (χ4v) is 2.49. The smallest absolute Gasteiger partial charge is 0.133 e. The molecule has 0 fully saturated rings. The lowest BCUT2D eigenvalue weighted by Crippen LogP contribution is -2.31. The topological polar surface area (TPSA) is 12.0 Å². The van der Waals surface area contributed by atoms with E-state index in [2.05, 4.69) is 43.4 Å². The molecule has 0 spiro atoms. The molecule has 0 heterocycles. The van der Waals surface area contributed by atoms with Crippen LogP contribution in [-0.4, -0.2) is 16.1 Å². The zero-order valence-electron chi connectivity index (χ0n) is 9.19. The predicted octanol–water partition coefficient (Wildman–Crippen LogP) is 3.25. The highest BCUT2D eigenvalue weighted by Gasteiger charge is 2.04. The maximum Gasteiger partial charge on any atom is 0.133 e. The Balaban J connectivity index is 2.36. The van der Waals surface area contributed by atoms with Crippen molar-refractivity contribution >= 4 is 28.3 Å². The van der Waals surface area contributed by atoms with Gasteiger partial charge in [0.15, 0.2) is 0 Å². The van der Waals surface area contributed by atoms with Crippen molar-refractivity contribution in [2.45, 2.75) is 26.3 Å². The second kappa shape index (κ2) is 6.85. The fraction of sp³-hybridized carbons (Fsp3) is 0.417. The lowest BCUT2D eigenvalue weighted by atomic mass is 10.1. The third-order valence-corrected chi connectivity index (χ3v) is 3.16. The molecule has 0 unspecified atom stereocenters. The monoisotopic (exact) mass is 239 g/mol. The van der Waals surface area contributed by atoms with E-state index >= 15 is 0 Å². The first kappa shape index (κ1) is 12.5. The molecule has 1 N–H and O–H groups in total. The number of thiocarbonyl (C=S) groups is 1. The lowest BCUT2D eigenvalue weighted by Gasteiger charge is -2.15. The van der Waals surface area contributed by atoms with Crippen molar-refractivity contribution in [1.29, 1.82) is 0 Å². The molecule has 3 heteroatoms. The summed E-state index contributed by atoms with van der Waals surface area (Å²) < 4.78 is 0.904. The number of thioether (sulfide) groups is 1. The molecule has 0 bridgehead atoms. The Morgan fingerprint density at radius 3 is 2.67 bits per heavy atom. The van der Waals surface area contributed by atoms with Crippen LogP contribution in [0.2, 0.25) is 0 Å². The molecular weight excluding hydrogens is 222 g/mol. The van der Waals surface area contributed by atoms with Crippen LogP contribution in [0.15, 0.2) is 30.3 Å². The van der Waals surface area contributed by atoms with E-state index < -0.39 is 0 Å². The van der Waals surface area contributed by atoms with Gasteiger partial charge in [-0.3, -0.25) is 0 Å². The van der Waals surface area contributed by atoms with Crippen LogP contribution < -0.4 is 5.32 Å². The van der Waals surface area contributed by atoms with Gasteiger partial charge in [-0.05, 0) is 24.7 Å². The summed E-state index contributed by atoms with van der Waals surface area (Å²) in [5.74, 6) is 1.03. The van der Waals surface area contributed by atoms with Crippen molar-refractivity contribution in [3.63, 3.8) is 0 Å². The van der Waals surface area contributed by atoms with Gasteiger partial charge in [-0.1, -0.05) is 61.2 Å². The number of rotatable bonds is 4. The maximum absolute atomic E-state index is 5.20. The van der Waals surface area contributed by atoms with Crippen LogP contribution >= 0.6 is 24.0 Å². The number of hydrogen-bond acceptors (Lipinski definition) is 2. The molecule has 82 valence electrons. The zero-order valence-corrected chi connectivity index (χ0v) is 10.8. The molecule has 0 saturated heterocycles. The van der Waals surface area contributed by atoms with Crippen LogP contribution in [0.25, 0.3) is 0 Å². The van der Waals surface area contributed by atoms with E-state index in [-0.39, 0.29) is 0 Å². The minimum Gasteiger partial charge on any atom is -0.368 e. The van der Waals surface area contributed by atoms with Gasteiger partial charge in [-0.2, -0.15) is 0 Å². The molecule has 15 heavy (non-hydrogen) atoms. The minimum absolute atomic E-state index is 0.402. The van der Waals surface area contributed by atoms with Crippen LogP contribution in [0.3, 0.4) is 0 Å². The largest absolute Gasteiger partial charge is 0.368 e. The summed E-state index contributed by atoms with van der Waals surface area (Å²) in [6.45, 7) is 4.27. The summed E-state index contributed by atoms with van der Waals surface area (Å²) in [6, 6.07) is 10.9. The van der Waals surface area contributed by atoms with E-state index in [0.29, 0.717) is 6.04 Å². The van der Waals surface area contributed by atoms with Crippen LogP contribution in [0.4, 0.5) is 0 Å². The predicted molar refractivity (Wildman–Crippen MR) is 73.5 cm³/mol. The lowest BCUT2D eigenvalue weighted by molar-refractivity contribution is 0.670. The molecule has 0 saturated carbocycles. The molecule has 1 rings (SSSR count). The highest BCUT2D eigenvalue weighted by Crippen LogP contribution is 2.06. The van der Waals surface area contributed by atoms with E-state index in [9.17, 15) is 0 Å². The summed E-state index contributed by atoms with van der Waals surface area (Å²) in [5, 5.41) is 3.32. The second-order valence-corrected chi connectivity index (χ2v) is 5.40. The summed E-state index contributed by atoms with van der Waals surface area (Å²) in [5.41, 5.74) is 1.35. The van der Waals surface area contributed by atoms with Gasteiger partial charge in [0.2, 0.25) is 0 Å².